The Morgan fingerprint density at radius 3 is 1.35 bits per heavy atom. The van der Waals surface area contributed by atoms with Crippen molar-refractivity contribution in [2.75, 3.05) is 26.4 Å². The van der Waals surface area contributed by atoms with Gasteiger partial charge >= 0.3 is 41.7 Å². The Balaban J connectivity index is 3.22. The van der Waals surface area contributed by atoms with Gasteiger partial charge in [-0.25, -0.2) is 0 Å². The van der Waals surface area contributed by atoms with E-state index in [4.69, 9.17) is 4.74 Å². The number of rotatable bonds is 10. The Hall–Kier alpha value is -1.13. The van der Waals surface area contributed by atoms with Crippen molar-refractivity contribution in [3.63, 3.8) is 0 Å². The fraction of sp³-hybridized carbons (Fsp3) is 1.00. The molecule has 2 nitrogen and oxygen atoms in total. The van der Waals surface area contributed by atoms with Crippen LogP contribution in [-0.2, 0) is 9.47 Å². The molecular formula is C14H13F15O2. The average molecular weight is 498 g/mol. The van der Waals surface area contributed by atoms with Gasteiger partial charge in [0.15, 0.2) is 0 Å². The molecule has 0 atom stereocenters. The molecule has 1 aliphatic rings. The molecule has 0 aromatic carbocycles. The minimum absolute atomic E-state index is 0.140. The summed E-state index contributed by atoms with van der Waals surface area (Å²) in [6.07, 6.45) is -7.47. The van der Waals surface area contributed by atoms with E-state index in [1.807, 2.05) is 0 Å². The molecule has 1 fully saturated rings. The summed E-state index contributed by atoms with van der Waals surface area (Å²) in [6, 6.07) is 0. The van der Waals surface area contributed by atoms with Crippen LogP contribution in [0.3, 0.4) is 0 Å². The first-order valence-electron chi connectivity index (χ1n) is 7.96. The van der Waals surface area contributed by atoms with E-state index in [2.05, 4.69) is 4.74 Å². The zero-order valence-corrected chi connectivity index (χ0v) is 15.0. The van der Waals surface area contributed by atoms with Crippen molar-refractivity contribution in [1.82, 2.24) is 0 Å². The Morgan fingerprint density at radius 1 is 0.645 bits per heavy atom. The van der Waals surface area contributed by atoms with Gasteiger partial charge < -0.3 is 9.47 Å². The highest BCUT2D eigenvalue weighted by Crippen LogP contribution is 2.62. The quantitative estimate of drug-likeness (QED) is 0.355. The molecule has 0 saturated carbocycles. The van der Waals surface area contributed by atoms with Gasteiger partial charge in [0.2, 0.25) is 0 Å². The molecule has 17 heteroatoms. The summed E-state index contributed by atoms with van der Waals surface area (Å²) in [4.78, 5) is 0. The first-order valence-corrected chi connectivity index (χ1v) is 7.96. The van der Waals surface area contributed by atoms with Crippen LogP contribution in [0.4, 0.5) is 65.9 Å². The zero-order valence-electron chi connectivity index (χ0n) is 15.0. The maximum absolute atomic E-state index is 13.6. The monoisotopic (exact) mass is 498 g/mol. The van der Waals surface area contributed by atoms with Gasteiger partial charge in [0.1, 0.15) is 6.61 Å². The molecule has 1 heterocycles. The molecule has 0 N–H and O–H groups in total. The van der Waals surface area contributed by atoms with Crippen LogP contribution in [0.1, 0.15) is 13.3 Å². The largest absolute Gasteiger partial charge is 0.460 e. The minimum Gasteiger partial charge on any atom is -0.380 e. The topological polar surface area (TPSA) is 18.5 Å². The Bertz CT molecular complexity index is 631. The van der Waals surface area contributed by atoms with Gasteiger partial charge in [-0.15, -0.1) is 0 Å². The van der Waals surface area contributed by atoms with Crippen LogP contribution in [0, 0.1) is 5.41 Å². The van der Waals surface area contributed by atoms with E-state index in [0.29, 0.717) is 0 Å². The van der Waals surface area contributed by atoms with Crippen LogP contribution in [0.15, 0.2) is 0 Å². The molecule has 0 amide bonds. The Labute approximate surface area is 163 Å². The number of hydrogen-bond acceptors (Lipinski definition) is 2. The highest BCUT2D eigenvalue weighted by molar-refractivity contribution is 5.13. The first-order chi connectivity index (χ1) is 13.5. The Kier molecular flexibility index (Phi) is 6.96. The third-order valence-corrected chi connectivity index (χ3v) is 4.65. The molecule has 31 heavy (non-hydrogen) atoms. The van der Waals surface area contributed by atoms with Crippen molar-refractivity contribution in [1.29, 1.82) is 0 Å². The van der Waals surface area contributed by atoms with Gasteiger partial charge in [0.25, 0.3) is 0 Å². The summed E-state index contributed by atoms with van der Waals surface area (Å²) in [6.45, 7) is -2.44. The summed E-state index contributed by atoms with van der Waals surface area (Å²) in [7, 11) is 0. The molecule has 0 spiro atoms. The van der Waals surface area contributed by atoms with Gasteiger partial charge in [-0.2, -0.15) is 65.9 Å². The van der Waals surface area contributed by atoms with Gasteiger partial charge in [-0.05, 0) is 6.42 Å². The van der Waals surface area contributed by atoms with Crippen LogP contribution in [0.25, 0.3) is 0 Å². The van der Waals surface area contributed by atoms with Crippen molar-refractivity contribution < 1.29 is 75.3 Å². The third-order valence-electron chi connectivity index (χ3n) is 4.65. The molecule has 1 saturated heterocycles. The fourth-order valence-electron chi connectivity index (χ4n) is 2.27. The van der Waals surface area contributed by atoms with Gasteiger partial charge in [-0.3, -0.25) is 0 Å². The molecule has 0 aliphatic carbocycles. The lowest BCUT2D eigenvalue weighted by molar-refractivity contribution is -0.453. The van der Waals surface area contributed by atoms with Crippen LogP contribution in [0.5, 0.6) is 0 Å². The van der Waals surface area contributed by atoms with E-state index in [0.717, 1.165) is 0 Å². The summed E-state index contributed by atoms with van der Waals surface area (Å²) in [5, 5.41) is 0. The van der Waals surface area contributed by atoms with Crippen LogP contribution >= 0.6 is 0 Å². The van der Waals surface area contributed by atoms with E-state index < -0.39 is 60.3 Å². The standard InChI is InChI=1S/C14H13F15O2/c1-2-7(3-30-4-7)5-31-6-8(15,16)9(17,18)10(19,20)11(21,22)12(23,24)13(25,26)14(27,28)29/h2-6H2,1H3. The molecule has 0 aromatic heterocycles. The highest BCUT2D eigenvalue weighted by Gasteiger charge is 2.93. The summed E-state index contributed by atoms with van der Waals surface area (Å²) in [5.74, 6) is -46.5. The summed E-state index contributed by atoms with van der Waals surface area (Å²) >= 11 is 0. The number of hydrogen-bond donors (Lipinski definition) is 0. The molecule has 0 bridgehead atoms. The molecule has 1 aliphatic heterocycles. The maximum Gasteiger partial charge on any atom is 0.460 e. The van der Waals surface area contributed by atoms with E-state index in [1.165, 1.54) is 6.92 Å². The van der Waals surface area contributed by atoms with E-state index in [-0.39, 0.29) is 19.6 Å². The van der Waals surface area contributed by atoms with Crippen LogP contribution in [0.2, 0.25) is 0 Å². The lowest BCUT2D eigenvalue weighted by Gasteiger charge is -2.42. The van der Waals surface area contributed by atoms with Crippen LogP contribution in [-0.4, -0.2) is 68.1 Å². The van der Waals surface area contributed by atoms with Crippen molar-refractivity contribution >= 4 is 0 Å². The third kappa shape index (κ3) is 4.04. The average Bonchev–Trinajstić information content (AvgIpc) is 2.55. The maximum atomic E-state index is 13.6. The smallest absolute Gasteiger partial charge is 0.380 e. The van der Waals surface area contributed by atoms with Crippen molar-refractivity contribution in [3.05, 3.63) is 0 Å². The number of ether oxygens (including phenoxy) is 2. The predicted octanol–water partition coefficient (Wildman–Crippen LogP) is 5.80. The molecule has 0 unspecified atom stereocenters. The zero-order chi connectivity index (χ0) is 24.9. The molecule has 186 valence electrons. The lowest BCUT2D eigenvalue weighted by atomic mass is 9.84. The van der Waals surface area contributed by atoms with Crippen molar-refractivity contribution in [2.24, 2.45) is 5.41 Å². The van der Waals surface area contributed by atoms with Crippen LogP contribution < -0.4 is 0 Å². The molecule has 0 aromatic rings. The van der Waals surface area contributed by atoms with E-state index >= 15 is 0 Å². The second-order valence-corrected chi connectivity index (χ2v) is 6.91. The fourth-order valence-corrected chi connectivity index (χ4v) is 2.27. The highest BCUT2D eigenvalue weighted by atomic mass is 19.4. The predicted molar refractivity (Wildman–Crippen MR) is 70.1 cm³/mol. The molecular weight excluding hydrogens is 485 g/mol. The molecule has 0 radical (unpaired) electrons. The summed E-state index contributed by atoms with van der Waals surface area (Å²) < 4.78 is 204. The van der Waals surface area contributed by atoms with Gasteiger partial charge in [0.05, 0.1) is 19.8 Å². The van der Waals surface area contributed by atoms with Crippen molar-refractivity contribution in [3.8, 4) is 0 Å². The second kappa shape index (κ2) is 7.73. The van der Waals surface area contributed by atoms with Crippen molar-refractivity contribution in [2.45, 2.75) is 55.1 Å². The summed E-state index contributed by atoms with van der Waals surface area (Å²) in [5.41, 5.74) is -1.01. The van der Waals surface area contributed by atoms with E-state index in [9.17, 15) is 65.9 Å². The van der Waals surface area contributed by atoms with E-state index in [1.54, 1.807) is 0 Å². The second-order valence-electron chi connectivity index (χ2n) is 6.91. The number of halogens is 15. The first kappa shape index (κ1) is 27.9. The normalized spacial score (nSPS) is 19.4. The lowest BCUT2D eigenvalue weighted by Crippen LogP contribution is -2.73. The Morgan fingerprint density at radius 2 is 1.03 bits per heavy atom. The SMILES string of the molecule is CCC1(COCC(F)(F)C(F)(F)C(F)(F)C(F)(F)C(F)(F)C(F)(F)C(F)(F)F)COC1. The van der Waals surface area contributed by atoms with Gasteiger partial charge in [0, 0.05) is 5.41 Å². The van der Waals surface area contributed by atoms with Gasteiger partial charge in [-0.1, -0.05) is 6.92 Å². The molecule has 1 rings (SSSR count). The number of alkyl halides is 15. The minimum atomic E-state index is -8.28.